The highest BCUT2D eigenvalue weighted by atomic mass is 16.5. The topological polar surface area (TPSA) is 72.0 Å². The second-order valence-corrected chi connectivity index (χ2v) is 7.10. The molecular formula is C18H23N3O2. The maximum absolute atomic E-state index is 9.92. The Morgan fingerprint density at radius 1 is 1.17 bits per heavy atom. The molecule has 1 N–H and O–H groups in total. The first-order chi connectivity index (χ1) is 11.2. The first-order valence-electron chi connectivity index (χ1n) is 8.67. The predicted molar refractivity (Wildman–Crippen MR) is 85.7 cm³/mol. The van der Waals surface area contributed by atoms with Crippen molar-refractivity contribution in [2.45, 2.75) is 57.5 Å². The van der Waals surface area contributed by atoms with Crippen LogP contribution in [0, 0.1) is 11.8 Å². The summed E-state index contributed by atoms with van der Waals surface area (Å²) in [6.45, 7) is 2.11. The number of aromatic nitrogens is 3. The third kappa shape index (κ3) is 2.90. The van der Waals surface area contributed by atoms with E-state index in [4.69, 9.17) is 9.51 Å². The Hall–Kier alpha value is -1.75. The van der Waals surface area contributed by atoms with E-state index in [-0.39, 0.29) is 6.10 Å². The second kappa shape index (κ2) is 6.04. The number of hydrogen-bond donors (Lipinski definition) is 1. The molecule has 0 aliphatic heterocycles. The molecule has 0 aromatic carbocycles. The highest BCUT2D eigenvalue weighted by Crippen LogP contribution is 2.46. The summed E-state index contributed by atoms with van der Waals surface area (Å²) < 4.78 is 5.61. The van der Waals surface area contributed by atoms with Crippen molar-refractivity contribution in [2.75, 3.05) is 0 Å². The van der Waals surface area contributed by atoms with Crippen molar-refractivity contribution < 1.29 is 9.63 Å². The summed E-state index contributed by atoms with van der Waals surface area (Å²) in [5.74, 6) is 2.99. The summed E-state index contributed by atoms with van der Waals surface area (Å²) >= 11 is 0. The monoisotopic (exact) mass is 313 g/mol. The standard InChI is InChI=1S/C18H23N3O2/c1-2-13-10-19-4-3-16(13)17-20-18(23-21-17)14-6-11-5-12(7-14)9-15(22)8-11/h3-4,10-12,14-15,22H,2,5-9H2,1H3/t11-,12+,14?,15?. The van der Waals surface area contributed by atoms with Crippen LogP contribution >= 0.6 is 0 Å². The average molecular weight is 313 g/mol. The number of rotatable bonds is 3. The molecule has 2 heterocycles. The van der Waals surface area contributed by atoms with E-state index >= 15 is 0 Å². The summed E-state index contributed by atoms with van der Waals surface area (Å²) in [5, 5.41) is 14.1. The van der Waals surface area contributed by atoms with Crippen LogP contribution in [0.1, 0.15) is 56.4 Å². The summed E-state index contributed by atoms with van der Waals surface area (Å²) in [6.07, 6.45) is 9.67. The summed E-state index contributed by atoms with van der Waals surface area (Å²) in [6, 6.07) is 1.96. The molecule has 0 radical (unpaired) electrons. The van der Waals surface area contributed by atoms with Gasteiger partial charge in [-0.2, -0.15) is 4.98 Å². The number of hydrogen-bond acceptors (Lipinski definition) is 5. The zero-order chi connectivity index (χ0) is 15.8. The highest BCUT2D eigenvalue weighted by molar-refractivity contribution is 5.58. The molecule has 2 bridgehead atoms. The van der Waals surface area contributed by atoms with Crippen molar-refractivity contribution in [2.24, 2.45) is 11.8 Å². The molecular weight excluding hydrogens is 290 g/mol. The Balaban J connectivity index is 1.57. The molecule has 0 amide bonds. The molecule has 0 saturated heterocycles. The zero-order valence-electron chi connectivity index (χ0n) is 13.5. The van der Waals surface area contributed by atoms with Gasteiger partial charge in [-0.15, -0.1) is 0 Å². The van der Waals surface area contributed by atoms with Crippen LogP contribution < -0.4 is 0 Å². The lowest BCUT2D eigenvalue weighted by Crippen LogP contribution is -2.32. The third-order valence-electron chi connectivity index (χ3n) is 5.43. The Morgan fingerprint density at radius 3 is 2.70 bits per heavy atom. The molecule has 4 rings (SSSR count). The molecule has 0 spiro atoms. The van der Waals surface area contributed by atoms with Gasteiger partial charge in [0.25, 0.3) is 0 Å². The minimum absolute atomic E-state index is 0.109. The quantitative estimate of drug-likeness (QED) is 0.941. The Bertz CT molecular complexity index is 666. The minimum Gasteiger partial charge on any atom is -0.393 e. The van der Waals surface area contributed by atoms with Crippen LogP contribution in [0.15, 0.2) is 23.0 Å². The largest absolute Gasteiger partial charge is 0.393 e. The number of pyridine rings is 1. The van der Waals surface area contributed by atoms with Crippen LogP contribution in [-0.4, -0.2) is 26.3 Å². The molecule has 4 atom stereocenters. The van der Waals surface area contributed by atoms with Crippen molar-refractivity contribution >= 4 is 0 Å². The molecule has 5 heteroatoms. The van der Waals surface area contributed by atoms with E-state index in [9.17, 15) is 5.11 Å². The number of aryl methyl sites for hydroxylation is 1. The first-order valence-corrected chi connectivity index (χ1v) is 8.67. The van der Waals surface area contributed by atoms with Gasteiger partial charge in [0.05, 0.1) is 6.10 Å². The van der Waals surface area contributed by atoms with Gasteiger partial charge in [-0.05, 0) is 62.0 Å². The van der Waals surface area contributed by atoms with Crippen molar-refractivity contribution in [3.8, 4) is 11.4 Å². The van der Waals surface area contributed by atoms with Crippen LogP contribution in [0.5, 0.6) is 0 Å². The van der Waals surface area contributed by atoms with Crippen molar-refractivity contribution in [1.29, 1.82) is 0 Å². The molecule has 2 aliphatic rings. The molecule has 2 aromatic rings. The fraction of sp³-hybridized carbons (Fsp3) is 0.611. The maximum Gasteiger partial charge on any atom is 0.230 e. The predicted octanol–water partition coefficient (Wildman–Crippen LogP) is 3.35. The van der Waals surface area contributed by atoms with Gasteiger partial charge in [-0.1, -0.05) is 12.1 Å². The van der Waals surface area contributed by atoms with Gasteiger partial charge in [0.15, 0.2) is 0 Å². The van der Waals surface area contributed by atoms with E-state index in [1.165, 1.54) is 6.42 Å². The lowest BCUT2D eigenvalue weighted by molar-refractivity contribution is 0.0348. The number of aliphatic hydroxyl groups is 1. The normalized spacial score (nSPS) is 30.3. The number of nitrogens with zero attached hydrogens (tertiary/aromatic N) is 3. The lowest BCUT2D eigenvalue weighted by Gasteiger charge is -2.39. The van der Waals surface area contributed by atoms with Crippen molar-refractivity contribution in [1.82, 2.24) is 15.1 Å². The van der Waals surface area contributed by atoms with E-state index in [1.54, 1.807) is 6.20 Å². The maximum atomic E-state index is 9.92. The fourth-order valence-electron chi connectivity index (χ4n) is 4.45. The van der Waals surface area contributed by atoms with Crippen LogP contribution in [0.3, 0.4) is 0 Å². The van der Waals surface area contributed by atoms with Gasteiger partial charge >= 0.3 is 0 Å². The molecule has 2 unspecified atom stereocenters. The smallest absolute Gasteiger partial charge is 0.230 e. The van der Waals surface area contributed by atoms with E-state index in [1.807, 2.05) is 12.3 Å². The molecule has 2 saturated carbocycles. The molecule has 23 heavy (non-hydrogen) atoms. The number of fused-ring (bicyclic) bond motifs is 2. The zero-order valence-corrected chi connectivity index (χ0v) is 13.5. The summed E-state index contributed by atoms with van der Waals surface area (Å²) in [5.41, 5.74) is 2.16. The van der Waals surface area contributed by atoms with Gasteiger partial charge < -0.3 is 9.63 Å². The van der Waals surface area contributed by atoms with Gasteiger partial charge in [-0.3, -0.25) is 4.98 Å². The van der Waals surface area contributed by atoms with Gasteiger partial charge in [0, 0.05) is 23.9 Å². The van der Waals surface area contributed by atoms with E-state index in [0.717, 1.165) is 49.1 Å². The molecule has 2 aliphatic carbocycles. The second-order valence-electron chi connectivity index (χ2n) is 7.10. The fourth-order valence-corrected chi connectivity index (χ4v) is 4.45. The third-order valence-corrected chi connectivity index (χ3v) is 5.43. The van der Waals surface area contributed by atoms with Gasteiger partial charge in [0.2, 0.25) is 11.7 Å². The minimum atomic E-state index is -0.109. The SMILES string of the molecule is CCc1cnccc1-c1noc(C2C[C@H]3CC(O)C[C@@H](C2)C3)n1. The Kier molecular flexibility index (Phi) is 3.89. The lowest BCUT2D eigenvalue weighted by atomic mass is 9.67. The van der Waals surface area contributed by atoms with Crippen LogP contribution in [0.25, 0.3) is 11.4 Å². The number of aliphatic hydroxyl groups excluding tert-OH is 1. The van der Waals surface area contributed by atoms with Crippen LogP contribution in [0.4, 0.5) is 0 Å². The van der Waals surface area contributed by atoms with Gasteiger partial charge in [-0.25, -0.2) is 0 Å². The van der Waals surface area contributed by atoms with Crippen molar-refractivity contribution in [3.63, 3.8) is 0 Å². The van der Waals surface area contributed by atoms with Crippen LogP contribution in [-0.2, 0) is 6.42 Å². The molecule has 2 fully saturated rings. The first kappa shape index (κ1) is 14.8. The molecule has 5 nitrogen and oxygen atoms in total. The van der Waals surface area contributed by atoms with Gasteiger partial charge in [0.1, 0.15) is 0 Å². The van der Waals surface area contributed by atoms with Crippen LogP contribution in [0.2, 0.25) is 0 Å². The Morgan fingerprint density at radius 2 is 1.96 bits per heavy atom. The summed E-state index contributed by atoms with van der Waals surface area (Å²) in [7, 11) is 0. The molecule has 122 valence electrons. The van der Waals surface area contributed by atoms with E-state index < -0.39 is 0 Å². The Labute approximate surface area is 136 Å². The van der Waals surface area contributed by atoms with Crippen molar-refractivity contribution in [3.05, 3.63) is 29.9 Å². The average Bonchev–Trinajstić information content (AvgIpc) is 3.03. The summed E-state index contributed by atoms with van der Waals surface area (Å²) in [4.78, 5) is 8.87. The highest BCUT2D eigenvalue weighted by Gasteiger charge is 2.38. The molecule has 2 aromatic heterocycles. The van der Waals surface area contributed by atoms with E-state index in [0.29, 0.717) is 23.6 Å². The van der Waals surface area contributed by atoms with E-state index in [2.05, 4.69) is 17.1 Å².